The predicted molar refractivity (Wildman–Crippen MR) is 80.3 cm³/mol. The van der Waals surface area contributed by atoms with Crippen molar-refractivity contribution < 1.29 is 18.6 Å². The number of rotatable bonds is 12. The van der Waals surface area contributed by atoms with Gasteiger partial charge in [0.1, 0.15) is 11.5 Å². The second-order valence-electron chi connectivity index (χ2n) is 5.46. The van der Waals surface area contributed by atoms with Gasteiger partial charge in [-0.2, -0.15) is 0 Å². The van der Waals surface area contributed by atoms with Crippen molar-refractivity contribution in [2.24, 2.45) is 0 Å². The number of ether oxygens (including phenoxy) is 3. The van der Waals surface area contributed by atoms with Crippen molar-refractivity contribution in [3.05, 3.63) is 23.2 Å². The summed E-state index contributed by atoms with van der Waals surface area (Å²) >= 11 is 0. The molecule has 5 heteroatoms. The highest BCUT2D eigenvalue weighted by molar-refractivity contribution is 5.20. The van der Waals surface area contributed by atoms with E-state index in [4.69, 9.17) is 18.6 Å². The van der Waals surface area contributed by atoms with Crippen molar-refractivity contribution in [2.75, 3.05) is 33.5 Å². The minimum atomic E-state index is 0.608. The number of hydrogen-bond acceptors (Lipinski definition) is 5. The van der Waals surface area contributed by atoms with Crippen LogP contribution in [0.5, 0.6) is 0 Å². The first-order valence-electron chi connectivity index (χ1n) is 7.75. The van der Waals surface area contributed by atoms with Crippen LogP contribution >= 0.6 is 0 Å². The van der Waals surface area contributed by atoms with Crippen LogP contribution < -0.4 is 5.32 Å². The zero-order chi connectivity index (χ0) is 14.9. The van der Waals surface area contributed by atoms with Crippen LogP contribution in [0, 0.1) is 6.92 Å². The van der Waals surface area contributed by atoms with Crippen LogP contribution in [0.2, 0.25) is 0 Å². The topological polar surface area (TPSA) is 52.9 Å². The van der Waals surface area contributed by atoms with Gasteiger partial charge >= 0.3 is 0 Å². The highest BCUT2D eigenvalue weighted by atomic mass is 16.5. The van der Waals surface area contributed by atoms with E-state index in [2.05, 4.69) is 11.4 Å². The molecule has 2 rings (SSSR count). The molecule has 120 valence electrons. The Balaban J connectivity index is 1.54. The fourth-order valence-electron chi connectivity index (χ4n) is 2.04. The lowest BCUT2D eigenvalue weighted by Gasteiger charge is -2.04. The summed E-state index contributed by atoms with van der Waals surface area (Å²) in [5.74, 6) is 1.96. The Hall–Kier alpha value is -0.880. The second-order valence-corrected chi connectivity index (χ2v) is 5.46. The Kier molecular flexibility index (Phi) is 7.23. The summed E-state index contributed by atoms with van der Waals surface area (Å²) in [4.78, 5) is 0. The van der Waals surface area contributed by atoms with Gasteiger partial charge in [-0.3, -0.25) is 0 Å². The fraction of sp³-hybridized carbons (Fsp3) is 0.750. The molecule has 21 heavy (non-hydrogen) atoms. The lowest BCUT2D eigenvalue weighted by atomic mass is 10.2. The van der Waals surface area contributed by atoms with E-state index in [1.165, 1.54) is 12.8 Å². The predicted octanol–water partition coefficient (Wildman–Crippen LogP) is 2.41. The van der Waals surface area contributed by atoms with Gasteiger partial charge in [-0.05, 0) is 32.3 Å². The van der Waals surface area contributed by atoms with Gasteiger partial charge in [-0.25, -0.2) is 0 Å². The maximum absolute atomic E-state index is 5.73. The fourth-order valence-corrected chi connectivity index (χ4v) is 2.04. The van der Waals surface area contributed by atoms with Crippen LogP contribution in [0.25, 0.3) is 0 Å². The van der Waals surface area contributed by atoms with Crippen LogP contribution in [0.15, 0.2) is 10.5 Å². The summed E-state index contributed by atoms with van der Waals surface area (Å²) in [6, 6.07) is 2.80. The van der Waals surface area contributed by atoms with E-state index in [9.17, 15) is 0 Å². The molecule has 0 amide bonds. The van der Waals surface area contributed by atoms with Gasteiger partial charge in [0.15, 0.2) is 0 Å². The highest BCUT2D eigenvalue weighted by Crippen LogP contribution is 2.21. The normalized spacial score (nSPS) is 14.8. The van der Waals surface area contributed by atoms with Crippen molar-refractivity contribution in [3.63, 3.8) is 0 Å². The Morgan fingerprint density at radius 2 is 2.00 bits per heavy atom. The molecule has 0 unspecified atom stereocenters. The second kappa shape index (κ2) is 9.20. The molecule has 1 aromatic rings. The lowest BCUT2D eigenvalue weighted by Crippen LogP contribution is -2.14. The number of nitrogens with one attached hydrogen (secondary N) is 1. The molecule has 1 saturated carbocycles. The van der Waals surface area contributed by atoms with Crippen molar-refractivity contribution in [2.45, 2.75) is 45.4 Å². The number of methoxy groups -OCH3 is 1. The Bertz CT molecular complexity index is 401. The molecule has 1 heterocycles. The van der Waals surface area contributed by atoms with Gasteiger partial charge < -0.3 is 23.9 Å². The SMILES string of the molecule is COCCOCCCOCc1cc(CNC2CC2)oc1C. The minimum absolute atomic E-state index is 0.608. The number of aryl methyl sites for hydroxylation is 1. The van der Waals surface area contributed by atoms with Crippen molar-refractivity contribution in [1.29, 1.82) is 0 Å². The molecule has 1 N–H and O–H groups in total. The molecule has 1 aliphatic carbocycles. The van der Waals surface area contributed by atoms with E-state index in [0.29, 0.717) is 39.1 Å². The maximum Gasteiger partial charge on any atom is 0.118 e. The average Bonchev–Trinajstić information content (AvgIpc) is 3.24. The largest absolute Gasteiger partial charge is 0.465 e. The standard InChI is InChI=1S/C16H27NO4/c1-13-14(10-16(21-13)11-17-15-4-5-15)12-20-7-3-6-19-9-8-18-2/h10,15,17H,3-9,11-12H2,1-2H3. The molecule has 0 saturated heterocycles. The summed E-state index contributed by atoms with van der Waals surface area (Å²) in [7, 11) is 1.67. The molecule has 0 radical (unpaired) electrons. The van der Waals surface area contributed by atoms with Gasteiger partial charge in [-0.15, -0.1) is 0 Å². The van der Waals surface area contributed by atoms with E-state index in [1.54, 1.807) is 7.11 Å². The molecular weight excluding hydrogens is 270 g/mol. The average molecular weight is 297 g/mol. The van der Waals surface area contributed by atoms with Crippen LogP contribution in [-0.4, -0.2) is 39.6 Å². The molecular formula is C16H27NO4. The summed E-state index contributed by atoms with van der Waals surface area (Å²) in [6.45, 7) is 6.13. The Labute approximate surface area is 126 Å². The quantitative estimate of drug-likeness (QED) is 0.600. The molecule has 1 aromatic heterocycles. The van der Waals surface area contributed by atoms with Crippen LogP contribution in [0.3, 0.4) is 0 Å². The first-order chi connectivity index (χ1) is 10.3. The molecule has 0 atom stereocenters. The van der Waals surface area contributed by atoms with Crippen molar-refractivity contribution in [1.82, 2.24) is 5.32 Å². The summed E-state index contributed by atoms with van der Waals surface area (Å²) < 4.78 is 21.7. The molecule has 0 bridgehead atoms. The first kappa shape index (κ1) is 16.5. The van der Waals surface area contributed by atoms with Gasteiger partial charge in [-0.1, -0.05) is 0 Å². The van der Waals surface area contributed by atoms with E-state index < -0.39 is 0 Å². The van der Waals surface area contributed by atoms with Gasteiger partial charge in [0.05, 0.1) is 26.4 Å². The van der Waals surface area contributed by atoms with Crippen molar-refractivity contribution in [3.8, 4) is 0 Å². The van der Waals surface area contributed by atoms with E-state index >= 15 is 0 Å². The molecule has 1 fully saturated rings. The Morgan fingerprint density at radius 3 is 2.76 bits per heavy atom. The van der Waals surface area contributed by atoms with Gasteiger partial charge in [0.25, 0.3) is 0 Å². The smallest absolute Gasteiger partial charge is 0.118 e. The summed E-state index contributed by atoms with van der Waals surface area (Å²) in [5.41, 5.74) is 1.14. The highest BCUT2D eigenvalue weighted by Gasteiger charge is 2.20. The van der Waals surface area contributed by atoms with E-state index in [1.807, 2.05) is 6.92 Å². The minimum Gasteiger partial charge on any atom is -0.465 e. The summed E-state index contributed by atoms with van der Waals surface area (Å²) in [5, 5.41) is 3.45. The number of furan rings is 1. The third-order valence-corrected chi connectivity index (χ3v) is 3.48. The molecule has 0 aromatic carbocycles. The van der Waals surface area contributed by atoms with Crippen LogP contribution in [0.4, 0.5) is 0 Å². The molecule has 0 aliphatic heterocycles. The van der Waals surface area contributed by atoms with Crippen LogP contribution in [-0.2, 0) is 27.4 Å². The zero-order valence-corrected chi connectivity index (χ0v) is 13.2. The first-order valence-corrected chi connectivity index (χ1v) is 7.75. The summed E-state index contributed by atoms with van der Waals surface area (Å²) in [6.07, 6.45) is 3.49. The molecule has 0 spiro atoms. The third kappa shape index (κ3) is 6.61. The van der Waals surface area contributed by atoms with Crippen molar-refractivity contribution >= 4 is 0 Å². The molecule has 1 aliphatic rings. The molecule has 5 nitrogen and oxygen atoms in total. The Morgan fingerprint density at radius 1 is 1.19 bits per heavy atom. The monoisotopic (exact) mass is 297 g/mol. The van der Waals surface area contributed by atoms with Crippen LogP contribution in [0.1, 0.15) is 36.3 Å². The third-order valence-electron chi connectivity index (χ3n) is 3.48. The lowest BCUT2D eigenvalue weighted by molar-refractivity contribution is 0.0482. The zero-order valence-electron chi connectivity index (χ0n) is 13.2. The van der Waals surface area contributed by atoms with Gasteiger partial charge in [0, 0.05) is 31.9 Å². The van der Waals surface area contributed by atoms with E-state index in [0.717, 1.165) is 30.0 Å². The van der Waals surface area contributed by atoms with Gasteiger partial charge in [0.2, 0.25) is 0 Å². The van der Waals surface area contributed by atoms with E-state index in [-0.39, 0.29) is 0 Å². The maximum atomic E-state index is 5.73. The number of hydrogen-bond donors (Lipinski definition) is 1.